The lowest BCUT2D eigenvalue weighted by molar-refractivity contribution is -0.112. The number of carbonyl (C=O) groups is 1. The molecule has 1 saturated heterocycles. The number of hydrogen-bond donors (Lipinski definition) is 0. The fourth-order valence-electron chi connectivity index (χ4n) is 4.44. The summed E-state index contributed by atoms with van der Waals surface area (Å²) < 4.78 is 0. The molecule has 3 aliphatic heterocycles. The van der Waals surface area contributed by atoms with Gasteiger partial charge in [-0.2, -0.15) is 5.01 Å². The Labute approximate surface area is 187 Å². The number of guanidine groups is 1. The van der Waals surface area contributed by atoms with Gasteiger partial charge in [0.1, 0.15) is 12.4 Å². The summed E-state index contributed by atoms with van der Waals surface area (Å²) in [5.41, 5.74) is 2.66. The van der Waals surface area contributed by atoms with Crippen molar-refractivity contribution in [3.63, 3.8) is 0 Å². The molecular weight excluding hydrogens is 412 g/mol. The van der Waals surface area contributed by atoms with Crippen molar-refractivity contribution in [2.75, 3.05) is 50.8 Å². The molecule has 0 unspecified atom stereocenters. The van der Waals surface area contributed by atoms with Crippen LogP contribution in [-0.2, 0) is 4.79 Å². The summed E-state index contributed by atoms with van der Waals surface area (Å²) in [7, 11) is 0. The molecule has 1 fully saturated rings. The van der Waals surface area contributed by atoms with Crippen LogP contribution in [0.4, 0.5) is 5.69 Å². The quantitative estimate of drug-likeness (QED) is 0.639. The zero-order valence-electron chi connectivity index (χ0n) is 17.6. The Hall–Kier alpha value is -2.48. The van der Waals surface area contributed by atoms with Crippen molar-refractivity contribution in [1.29, 1.82) is 0 Å². The molecular formula is C23H27ClN6O. The Morgan fingerprint density at radius 2 is 1.90 bits per heavy atom. The van der Waals surface area contributed by atoms with Crippen molar-refractivity contribution >= 4 is 34.7 Å². The Bertz CT molecular complexity index is 976. The van der Waals surface area contributed by atoms with Crippen molar-refractivity contribution in [3.8, 4) is 0 Å². The molecule has 0 atom stereocenters. The first-order chi connectivity index (χ1) is 15.2. The van der Waals surface area contributed by atoms with Gasteiger partial charge in [0.15, 0.2) is 5.78 Å². The number of benzene rings is 1. The first kappa shape index (κ1) is 20.4. The highest BCUT2D eigenvalue weighted by Gasteiger charge is 2.31. The van der Waals surface area contributed by atoms with Crippen LogP contribution >= 0.6 is 11.6 Å². The first-order valence-corrected chi connectivity index (χ1v) is 11.4. The smallest absolute Gasteiger partial charge is 0.241 e. The zero-order valence-corrected chi connectivity index (χ0v) is 18.3. The number of piperazine rings is 1. The maximum absolute atomic E-state index is 12.1. The summed E-state index contributed by atoms with van der Waals surface area (Å²) in [6, 6.07) is 8.12. The Kier molecular flexibility index (Phi) is 5.89. The summed E-state index contributed by atoms with van der Waals surface area (Å²) in [6.45, 7) is 6.90. The van der Waals surface area contributed by atoms with E-state index in [1.54, 1.807) is 0 Å². The van der Waals surface area contributed by atoms with Crippen LogP contribution in [-0.4, -0.2) is 78.3 Å². The fourth-order valence-corrected chi connectivity index (χ4v) is 4.63. The van der Waals surface area contributed by atoms with Crippen LogP contribution in [0.15, 0.2) is 58.2 Å². The molecule has 0 N–H and O–H groups in total. The number of anilines is 1. The molecule has 4 aliphatic rings. The zero-order chi connectivity index (χ0) is 21.2. The highest BCUT2D eigenvalue weighted by atomic mass is 35.5. The standard InChI is InChI=1S/C23H27ClN6O/c24-19-6-4-7-20(15-19)28-13-11-27(12-14-28)9-1-2-10-29-17-25-23-26-22-18(16-30(23)29)5-3-8-21(22)31/h3-7,15-16H,1-2,8-14,17H2. The van der Waals surface area contributed by atoms with E-state index in [4.69, 9.17) is 11.6 Å². The SMILES string of the molecule is O=C1CC=CC2=CN3C(=NCN3CCCCN3CCN(c4cccc(Cl)c4)CC3)N=C12. The number of hydrogen-bond acceptors (Lipinski definition) is 7. The molecule has 1 aromatic rings. The van der Waals surface area contributed by atoms with Crippen LogP contribution in [0.3, 0.4) is 0 Å². The fraction of sp³-hybridized carbons (Fsp3) is 0.435. The molecule has 162 valence electrons. The van der Waals surface area contributed by atoms with Crippen LogP contribution < -0.4 is 4.90 Å². The third kappa shape index (κ3) is 4.44. The largest absolute Gasteiger partial charge is 0.369 e. The van der Waals surface area contributed by atoms with E-state index in [1.165, 1.54) is 5.69 Å². The van der Waals surface area contributed by atoms with Gasteiger partial charge in [0.25, 0.3) is 0 Å². The number of hydrazine groups is 1. The molecule has 0 aromatic heterocycles. The number of ketones is 1. The summed E-state index contributed by atoms with van der Waals surface area (Å²) in [6.07, 6.45) is 8.57. The molecule has 0 radical (unpaired) electrons. The monoisotopic (exact) mass is 438 g/mol. The number of aliphatic imine (C=N–C) groups is 2. The summed E-state index contributed by atoms with van der Waals surface area (Å²) in [5, 5.41) is 5.00. The minimum Gasteiger partial charge on any atom is -0.369 e. The van der Waals surface area contributed by atoms with Crippen molar-refractivity contribution in [1.82, 2.24) is 14.9 Å². The van der Waals surface area contributed by atoms with Crippen LogP contribution in [0, 0.1) is 0 Å². The topological polar surface area (TPSA) is 54.8 Å². The summed E-state index contributed by atoms with van der Waals surface area (Å²) in [5.74, 6) is 0.713. The third-order valence-corrected chi connectivity index (χ3v) is 6.42. The minimum absolute atomic E-state index is 0.0741. The second kappa shape index (κ2) is 8.94. The van der Waals surface area contributed by atoms with Crippen molar-refractivity contribution in [2.24, 2.45) is 9.98 Å². The van der Waals surface area contributed by atoms with Crippen LogP contribution in [0.5, 0.6) is 0 Å². The summed E-state index contributed by atoms with van der Waals surface area (Å²) >= 11 is 6.13. The van der Waals surface area contributed by atoms with E-state index in [0.29, 0.717) is 24.8 Å². The molecule has 3 heterocycles. The van der Waals surface area contributed by atoms with Gasteiger partial charge in [-0.25, -0.2) is 15.0 Å². The van der Waals surface area contributed by atoms with E-state index < -0.39 is 0 Å². The first-order valence-electron chi connectivity index (χ1n) is 11.0. The second-order valence-corrected chi connectivity index (χ2v) is 8.70. The molecule has 7 nitrogen and oxygen atoms in total. The van der Waals surface area contributed by atoms with Gasteiger partial charge in [0.2, 0.25) is 5.96 Å². The van der Waals surface area contributed by atoms with E-state index in [0.717, 1.165) is 62.7 Å². The maximum Gasteiger partial charge on any atom is 0.241 e. The van der Waals surface area contributed by atoms with E-state index in [9.17, 15) is 4.79 Å². The van der Waals surface area contributed by atoms with Crippen LogP contribution in [0.2, 0.25) is 5.02 Å². The van der Waals surface area contributed by atoms with Gasteiger partial charge in [0, 0.05) is 61.6 Å². The average Bonchev–Trinajstić information content (AvgIpc) is 3.18. The maximum atomic E-state index is 12.1. The Balaban J connectivity index is 1.06. The minimum atomic E-state index is 0.0741. The molecule has 31 heavy (non-hydrogen) atoms. The van der Waals surface area contributed by atoms with Crippen LogP contribution in [0.1, 0.15) is 19.3 Å². The van der Waals surface area contributed by atoms with Gasteiger partial charge in [-0.15, -0.1) is 0 Å². The number of fused-ring (bicyclic) bond motifs is 2. The van der Waals surface area contributed by atoms with E-state index in [1.807, 2.05) is 41.6 Å². The predicted molar refractivity (Wildman–Crippen MR) is 124 cm³/mol. The molecule has 1 aromatic carbocycles. The third-order valence-electron chi connectivity index (χ3n) is 6.18. The Morgan fingerprint density at radius 1 is 1.06 bits per heavy atom. The number of allylic oxidation sites excluding steroid dienone is 3. The molecule has 0 bridgehead atoms. The van der Waals surface area contributed by atoms with Gasteiger partial charge < -0.3 is 4.90 Å². The summed E-state index contributed by atoms with van der Waals surface area (Å²) in [4.78, 5) is 26.0. The number of carbonyl (C=O) groups excluding carboxylic acids is 1. The van der Waals surface area contributed by atoms with E-state index in [2.05, 4.69) is 30.9 Å². The normalized spacial score (nSPS) is 21.6. The van der Waals surface area contributed by atoms with Gasteiger partial charge in [-0.3, -0.25) is 9.69 Å². The highest BCUT2D eigenvalue weighted by molar-refractivity contribution is 6.49. The predicted octanol–water partition coefficient (Wildman–Crippen LogP) is 2.96. The lowest BCUT2D eigenvalue weighted by Crippen LogP contribution is -2.46. The van der Waals surface area contributed by atoms with Gasteiger partial charge in [-0.05, 0) is 37.6 Å². The number of nitrogens with zero attached hydrogens (tertiary/aromatic N) is 6. The number of unbranched alkanes of at least 4 members (excludes halogenated alkanes) is 1. The number of rotatable bonds is 6. The van der Waals surface area contributed by atoms with E-state index in [-0.39, 0.29) is 5.78 Å². The van der Waals surface area contributed by atoms with Crippen molar-refractivity contribution < 1.29 is 4.79 Å². The van der Waals surface area contributed by atoms with Crippen molar-refractivity contribution in [2.45, 2.75) is 19.3 Å². The number of Topliss-reactive ketones (excluding diaryl/α,β-unsaturated/α-hetero) is 1. The molecule has 0 spiro atoms. The average molecular weight is 439 g/mol. The molecule has 0 amide bonds. The van der Waals surface area contributed by atoms with Gasteiger partial charge in [0.05, 0.1) is 0 Å². The van der Waals surface area contributed by atoms with Gasteiger partial charge in [-0.1, -0.05) is 29.8 Å². The lowest BCUT2D eigenvalue weighted by atomic mass is 9.98. The lowest BCUT2D eigenvalue weighted by Gasteiger charge is -2.36. The van der Waals surface area contributed by atoms with E-state index >= 15 is 0 Å². The highest BCUT2D eigenvalue weighted by Crippen LogP contribution is 2.23. The molecule has 1 aliphatic carbocycles. The molecule has 0 saturated carbocycles. The van der Waals surface area contributed by atoms with Crippen LogP contribution in [0.25, 0.3) is 0 Å². The molecule has 5 rings (SSSR count). The number of halogens is 1. The van der Waals surface area contributed by atoms with Crippen molar-refractivity contribution in [3.05, 3.63) is 53.2 Å². The Morgan fingerprint density at radius 3 is 2.74 bits per heavy atom. The second-order valence-electron chi connectivity index (χ2n) is 8.26. The molecule has 8 heteroatoms. The van der Waals surface area contributed by atoms with Gasteiger partial charge >= 0.3 is 0 Å².